The Labute approximate surface area is 240 Å². The molecular weight excluding hydrogens is 514 g/mol. The van der Waals surface area contributed by atoms with Crippen molar-refractivity contribution in [1.29, 1.82) is 0 Å². The van der Waals surface area contributed by atoms with Gasteiger partial charge in [-0.2, -0.15) is 5.10 Å². The van der Waals surface area contributed by atoms with E-state index in [1.807, 2.05) is 11.7 Å². The summed E-state index contributed by atoms with van der Waals surface area (Å²) in [5, 5.41) is 10.3. The number of nitrogens with one attached hydrogen (secondary N) is 2. The molecule has 4 aromatic rings. The minimum atomic E-state index is 0.0172. The van der Waals surface area contributed by atoms with E-state index in [9.17, 15) is 4.79 Å². The van der Waals surface area contributed by atoms with Crippen LogP contribution in [-0.4, -0.2) is 76.4 Å². The summed E-state index contributed by atoms with van der Waals surface area (Å²) in [4.78, 5) is 23.7. The first kappa shape index (κ1) is 26.3. The lowest BCUT2D eigenvalue weighted by molar-refractivity contribution is 0.0966. The number of piperazine rings is 1. The zero-order chi connectivity index (χ0) is 28.2. The number of hydrogen-bond acceptors (Lipinski definition) is 6. The number of hydrogen-bond donors (Lipinski definition) is 2. The summed E-state index contributed by atoms with van der Waals surface area (Å²) in [6.07, 6.45) is 4.91. The van der Waals surface area contributed by atoms with Gasteiger partial charge in [0.15, 0.2) is 0 Å². The minimum Gasteiger partial charge on any atom is -0.348 e. The average molecular weight is 554 g/mol. The van der Waals surface area contributed by atoms with Crippen LogP contribution in [0.1, 0.15) is 46.1 Å². The van der Waals surface area contributed by atoms with Crippen molar-refractivity contribution in [3.8, 4) is 11.1 Å². The number of likely N-dealkylation sites (N-methyl/N-ethyl adjacent to an activating group) is 1. The largest absolute Gasteiger partial charge is 0.348 e. The van der Waals surface area contributed by atoms with E-state index in [2.05, 4.69) is 63.1 Å². The molecule has 2 N–H and O–H groups in total. The van der Waals surface area contributed by atoms with Gasteiger partial charge in [0.25, 0.3) is 5.91 Å². The Bertz CT molecular complexity index is 1690. The quantitative estimate of drug-likeness (QED) is 0.324. The van der Waals surface area contributed by atoms with E-state index in [4.69, 9.17) is 9.94 Å². The molecule has 2 aliphatic heterocycles. The summed E-state index contributed by atoms with van der Waals surface area (Å²) in [7, 11) is 3.57. The van der Waals surface area contributed by atoms with Gasteiger partial charge in [-0.3, -0.25) is 19.8 Å². The smallest absolute Gasteiger partial charge is 0.252 e. The van der Waals surface area contributed by atoms with Crippen LogP contribution in [0.15, 0.2) is 31.0 Å². The number of hydroxylamine groups is 1. The van der Waals surface area contributed by atoms with E-state index in [1.165, 1.54) is 27.4 Å². The molecule has 41 heavy (non-hydrogen) atoms. The highest BCUT2D eigenvalue weighted by molar-refractivity contribution is 6.19. The standard InChI is InChI=1S/C32H39N7O2/c1-5-37-13-15-38(16-14-37)11-6-12-39-27-10-7-21(20(2)35-41-4)17-23(27)29-24-18-33-32(40)30(24)28-22(31(29)39)8-9-26-25(28)19-36(3)34-26/h7,10,17,19,35H,2,5-6,8-9,11-16,18H2,1,3-4H3,(H,33,40). The molecule has 3 aliphatic rings. The van der Waals surface area contributed by atoms with E-state index in [0.717, 1.165) is 98.6 Å². The van der Waals surface area contributed by atoms with Crippen molar-refractivity contribution in [2.75, 3.05) is 46.4 Å². The number of rotatable bonds is 8. The lowest BCUT2D eigenvalue weighted by atomic mass is 9.82. The molecule has 1 fully saturated rings. The summed E-state index contributed by atoms with van der Waals surface area (Å²) in [5.41, 5.74) is 13.5. The second-order valence-electron chi connectivity index (χ2n) is 11.6. The highest BCUT2D eigenvalue weighted by Crippen LogP contribution is 2.47. The Morgan fingerprint density at radius 1 is 1.10 bits per heavy atom. The van der Waals surface area contributed by atoms with Crippen LogP contribution in [0.3, 0.4) is 0 Å². The highest BCUT2D eigenvalue weighted by Gasteiger charge is 2.35. The molecule has 214 valence electrons. The first-order valence-corrected chi connectivity index (χ1v) is 14.9. The summed E-state index contributed by atoms with van der Waals surface area (Å²) < 4.78 is 4.42. The molecule has 1 aliphatic carbocycles. The van der Waals surface area contributed by atoms with Gasteiger partial charge in [-0.15, -0.1) is 0 Å². The number of fused-ring (bicyclic) bond motifs is 10. The highest BCUT2D eigenvalue weighted by atomic mass is 16.6. The van der Waals surface area contributed by atoms with Crippen molar-refractivity contribution in [3.63, 3.8) is 0 Å². The number of nitrogens with zero attached hydrogens (tertiary/aromatic N) is 5. The van der Waals surface area contributed by atoms with Crippen LogP contribution in [-0.2, 0) is 37.8 Å². The fourth-order valence-electron chi connectivity index (χ4n) is 7.30. The zero-order valence-corrected chi connectivity index (χ0v) is 24.3. The molecule has 1 amide bonds. The molecule has 0 bridgehead atoms. The van der Waals surface area contributed by atoms with Crippen LogP contribution in [0.5, 0.6) is 0 Å². The van der Waals surface area contributed by atoms with Gasteiger partial charge >= 0.3 is 0 Å². The normalized spacial score (nSPS) is 17.1. The van der Waals surface area contributed by atoms with E-state index < -0.39 is 0 Å². The number of benzene rings is 2. The molecule has 9 nitrogen and oxygen atoms in total. The molecule has 7 rings (SSSR count). The second kappa shape index (κ2) is 10.3. The van der Waals surface area contributed by atoms with Crippen molar-refractivity contribution in [1.82, 2.24) is 34.9 Å². The molecule has 0 unspecified atom stereocenters. The van der Waals surface area contributed by atoms with Gasteiger partial charge < -0.3 is 19.7 Å². The number of amides is 1. The summed E-state index contributed by atoms with van der Waals surface area (Å²) in [5.74, 6) is 0.0172. The Kier molecular flexibility index (Phi) is 6.60. The molecule has 2 aromatic heterocycles. The number of carbonyl (C=O) groups is 1. The first-order chi connectivity index (χ1) is 20.0. The topological polar surface area (TPSA) is 79.6 Å². The van der Waals surface area contributed by atoms with Crippen LogP contribution in [0.25, 0.3) is 38.6 Å². The second-order valence-corrected chi connectivity index (χ2v) is 11.6. The molecule has 0 radical (unpaired) electrons. The van der Waals surface area contributed by atoms with Crippen molar-refractivity contribution in [2.24, 2.45) is 7.05 Å². The fourth-order valence-corrected chi connectivity index (χ4v) is 7.30. The van der Waals surface area contributed by atoms with Crippen molar-refractivity contribution in [2.45, 2.75) is 39.3 Å². The first-order valence-electron chi connectivity index (χ1n) is 14.9. The maximum atomic E-state index is 13.4. The van der Waals surface area contributed by atoms with Gasteiger partial charge in [0.05, 0.1) is 29.6 Å². The van der Waals surface area contributed by atoms with E-state index in [1.54, 1.807) is 7.11 Å². The minimum absolute atomic E-state index is 0.0172. The Balaban J connectivity index is 1.40. The van der Waals surface area contributed by atoms with Gasteiger partial charge in [-0.25, -0.2) is 0 Å². The molecule has 0 spiro atoms. The maximum absolute atomic E-state index is 13.4. The fraction of sp³-hybridized carbons (Fsp3) is 0.438. The molecular formula is C32H39N7O2. The lowest BCUT2D eigenvalue weighted by Gasteiger charge is -2.34. The number of aromatic nitrogens is 3. The van der Waals surface area contributed by atoms with Gasteiger partial charge in [0.2, 0.25) is 0 Å². The van der Waals surface area contributed by atoms with Crippen LogP contribution in [0.2, 0.25) is 0 Å². The van der Waals surface area contributed by atoms with Crippen LogP contribution < -0.4 is 10.8 Å². The van der Waals surface area contributed by atoms with Crippen LogP contribution in [0, 0.1) is 0 Å². The summed E-state index contributed by atoms with van der Waals surface area (Å²) >= 11 is 0. The molecule has 2 aromatic carbocycles. The third-order valence-corrected chi connectivity index (χ3v) is 9.29. The molecule has 9 heteroatoms. The van der Waals surface area contributed by atoms with Crippen molar-refractivity contribution in [3.05, 3.63) is 58.9 Å². The molecule has 1 saturated heterocycles. The van der Waals surface area contributed by atoms with Crippen LogP contribution >= 0.6 is 0 Å². The van der Waals surface area contributed by atoms with Crippen LogP contribution in [0.4, 0.5) is 0 Å². The zero-order valence-electron chi connectivity index (χ0n) is 24.3. The molecule has 0 saturated carbocycles. The van der Waals surface area contributed by atoms with E-state index >= 15 is 0 Å². The van der Waals surface area contributed by atoms with Crippen molar-refractivity contribution >= 4 is 33.4 Å². The predicted molar refractivity (Wildman–Crippen MR) is 163 cm³/mol. The molecule has 0 atom stereocenters. The SMILES string of the molecule is C=C(NOC)c1ccc2c(c1)c1c3c(c4c(c1n2CCCN1CCN(CC)CC1)CCc1nn(C)cc1-4)C(=O)NC3. The summed E-state index contributed by atoms with van der Waals surface area (Å²) in [6.45, 7) is 14.7. The van der Waals surface area contributed by atoms with E-state index in [0.29, 0.717) is 12.2 Å². The third-order valence-electron chi connectivity index (χ3n) is 9.29. The Hall–Kier alpha value is -3.66. The molecule has 4 heterocycles. The third kappa shape index (κ3) is 4.26. The van der Waals surface area contributed by atoms with Crippen molar-refractivity contribution < 1.29 is 9.63 Å². The van der Waals surface area contributed by atoms with Gasteiger partial charge in [0.1, 0.15) is 0 Å². The van der Waals surface area contributed by atoms with E-state index in [-0.39, 0.29) is 5.91 Å². The average Bonchev–Trinajstić information content (AvgIpc) is 3.65. The van der Waals surface area contributed by atoms with Gasteiger partial charge in [0, 0.05) is 85.5 Å². The summed E-state index contributed by atoms with van der Waals surface area (Å²) in [6, 6.07) is 6.54. The Morgan fingerprint density at radius 2 is 1.90 bits per heavy atom. The maximum Gasteiger partial charge on any atom is 0.252 e. The number of aryl methyl sites for hydroxylation is 4. The number of carbonyl (C=O) groups excluding carboxylic acids is 1. The van der Waals surface area contributed by atoms with Gasteiger partial charge in [-0.1, -0.05) is 19.6 Å². The lowest BCUT2D eigenvalue weighted by Crippen LogP contribution is -2.46. The Morgan fingerprint density at radius 3 is 2.68 bits per heavy atom. The monoisotopic (exact) mass is 553 g/mol. The van der Waals surface area contributed by atoms with Gasteiger partial charge in [-0.05, 0) is 55.6 Å². The predicted octanol–water partition coefficient (Wildman–Crippen LogP) is 3.69.